The van der Waals surface area contributed by atoms with Gasteiger partial charge in [-0.05, 0) is 30.7 Å². The summed E-state index contributed by atoms with van der Waals surface area (Å²) in [7, 11) is 0. The van der Waals surface area contributed by atoms with Crippen molar-refractivity contribution in [3.63, 3.8) is 0 Å². The van der Waals surface area contributed by atoms with E-state index >= 15 is 0 Å². The monoisotopic (exact) mass is 311 g/mol. The number of anilines is 1. The number of amides is 1. The molecule has 0 fully saturated rings. The van der Waals surface area contributed by atoms with Crippen molar-refractivity contribution in [1.29, 1.82) is 0 Å². The maximum absolute atomic E-state index is 12.0. The summed E-state index contributed by atoms with van der Waals surface area (Å²) in [6, 6.07) is 7.01. The number of nitrogens with one attached hydrogen (secondary N) is 1. The summed E-state index contributed by atoms with van der Waals surface area (Å²) in [5.41, 5.74) is 1.39. The molecule has 3 nitrogen and oxygen atoms in total. The highest BCUT2D eigenvalue weighted by Crippen LogP contribution is 2.17. The minimum atomic E-state index is -0.126. The summed E-state index contributed by atoms with van der Waals surface area (Å²) in [6.45, 7) is 3.85. The molecular formula is C14H18BrNO2. The lowest BCUT2D eigenvalue weighted by atomic mass is 10.1. The number of Topliss-reactive ketones (excluding diaryl/α,β-unsaturated/α-hetero) is 1. The molecule has 0 spiro atoms. The molecule has 0 aliphatic heterocycles. The molecule has 0 aromatic heterocycles. The van der Waals surface area contributed by atoms with Gasteiger partial charge in [-0.15, -0.1) is 0 Å². The van der Waals surface area contributed by atoms with Crippen molar-refractivity contribution < 1.29 is 9.59 Å². The zero-order chi connectivity index (χ0) is 13.5. The van der Waals surface area contributed by atoms with Crippen LogP contribution in [0.2, 0.25) is 0 Å². The average Bonchev–Trinajstić information content (AvgIpc) is 2.39. The van der Waals surface area contributed by atoms with Crippen molar-refractivity contribution in [3.05, 3.63) is 29.8 Å². The van der Waals surface area contributed by atoms with E-state index in [9.17, 15) is 9.59 Å². The highest BCUT2D eigenvalue weighted by molar-refractivity contribution is 9.10. The van der Waals surface area contributed by atoms with E-state index in [-0.39, 0.29) is 16.5 Å². The van der Waals surface area contributed by atoms with Gasteiger partial charge in [-0.3, -0.25) is 9.59 Å². The highest BCUT2D eigenvalue weighted by Gasteiger charge is 2.15. The molecule has 1 unspecified atom stereocenters. The van der Waals surface area contributed by atoms with Crippen LogP contribution < -0.4 is 5.32 Å². The lowest BCUT2D eigenvalue weighted by molar-refractivity contribution is -0.115. The second-order valence-electron chi connectivity index (χ2n) is 4.10. The number of carbonyl (C=O) groups excluding carboxylic acids is 2. The molecule has 0 saturated carbocycles. The fourth-order valence-electron chi connectivity index (χ4n) is 1.53. The lowest BCUT2D eigenvalue weighted by Gasteiger charge is -2.08. The van der Waals surface area contributed by atoms with Gasteiger partial charge in [0.2, 0.25) is 5.91 Å². The van der Waals surface area contributed by atoms with Crippen LogP contribution in [0.5, 0.6) is 0 Å². The van der Waals surface area contributed by atoms with Gasteiger partial charge in [0.1, 0.15) is 0 Å². The molecule has 1 aromatic rings. The van der Waals surface area contributed by atoms with Gasteiger partial charge < -0.3 is 5.32 Å². The summed E-state index contributed by atoms with van der Waals surface area (Å²) in [4.78, 5) is 23.1. The Morgan fingerprint density at radius 1 is 1.22 bits per heavy atom. The molecule has 1 amide bonds. The standard InChI is InChI=1S/C14H18BrNO2/c1-3-5-12(15)14(18)10-6-8-11(9-7-10)16-13(17)4-2/h6-9,12H,3-5H2,1-2H3,(H,16,17). The first kappa shape index (κ1) is 14.9. The number of alkyl halides is 1. The number of rotatable bonds is 6. The SMILES string of the molecule is CCCC(Br)C(=O)c1ccc(NC(=O)CC)cc1. The van der Waals surface area contributed by atoms with Crippen molar-refractivity contribution in [1.82, 2.24) is 0 Å². The second-order valence-corrected chi connectivity index (χ2v) is 5.20. The van der Waals surface area contributed by atoms with Crippen molar-refractivity contribution in [3.8, 4) is 0 Å². The van der Waals surface area contributed by atoms with Crippen molar-refractivity contribution in [2.24, 2.45) is 0 Å². The molecule has 1 rings (SSSR count). The van der Waals surface area contributed by atoms with E-state index in [1.807, 2.05) is 6.92 Å². The van der Waals surface area contributed by atoms with Crippen LogP contribution in [0.4, 0.5) is 5.69 Å². The summed E-state index contributed by atoms with van der Waals surface area (Å²) in [6.07, 6.45) is 2.24. The van der Waals surface area contributed by atoms with E-state index in [1.54, 1.807) is 31.2 Å². The van der Waals surface area contributed by atoms with Crippen molar-refractivity contribution in [2.75, 3.05) is 5.32 Å². The molecule has 1 atom stereocenters. The van der Waals surface area contributed by atoms with Gasteiger partial charge in [-0.2, -0.15) is 0 Å². The Morgan fingerprint density at radius 3 is 2.33 bits per heavy atom. The van der Waals surface area contributed by atoms with Gasteiger partial charge in [0, 0.05) is 17.7 Å². The molecule has 0 saturated heterocycles. The van der Waals surface area contributed by atoms with Gasteiger partial charge in [0.15, 0.2) is 5.78 Å². The Kier molecular flexibility index (Phi) is 6.05. The van der Waals surface area contributed by atoms with E-state index in [0.29, 0.717) is 12.0 Å². The maximum atomic E-state index is 12.0. The Morgan fingerprint density at radius 2 is 1.83 bits per heavy atom. The van der Waals surface area contributed by atoms with Crippen LogP contribution in [0.1, 0.15) is 43.5 Å². The first-order chi connectivity index (χ1) is 8.58. The minimum Gasteiger partial charge on any atom is -0.326 e. The van der Waals surface area contributed by atoms with Gasteiger partial charge in [0.05, 0.1) is 4.83 Å². The van der Waals surface area contributed by atoms with Gasteiger partial charge >= 0.3 is 0 Å². The Bertz CT molecular complexity index is 414. The zero-order valence-electron chi connectivity index (χ0n) is 10.7. The summed E-state index contributed by atoms with van der Waals surface area (Å²) in [5, 5.41) is 2.75. The van der Waals surface area contributed by atoms with E-state index in [2.05, 4.69) is 21.2 Å². The Balaban J connectivity index is 2.70. The van der Waals surface area contributed by atoms with Crippen LogP contribution >= 0.6 is 15.9 Å². The molecule has 0 heterocycles. The van der Waals surface area contributed by atoms with Crippen LogP contribution in [0.3, 0.4) is 0 Å². The van der Waals surface area contributed by atoms with Crippen molar-refractivity contribution >= 4 is 33.3 Å². The number of hydrogen-bond donors (Lipinski definition) is 1. The smallest absolute Gasteiger partial charge is 0.224 e. The number of hydrogen-bond acceptors (Lipinski definition) is 2. The normalized spacial score (nSPS) is 11.9. The fourth-order valence-corrected chi connectivity index (χ4v) is 2.25. The fraction of sp³-hybridized carbons (Fsp3) is 0.429. The third kappa shape index (κ3) is 4.26. The van der Waals surface area contributed by atoms with E-state index in [0.717, 1.165) is 18.5 Å². The predicted octanol–water partition coefficient (Wildman–Crippen LogP) is 3.78. The van der Waals surface area contributed by atoms with Crippen LogP contribution in [0.25, 0.3) is 0 Å². The van der Waals surface area contributed by atoms with E-state index in [1.165, 1.54) is 0 Å². The largest absolute Gasteiger partial charge is 0.326 e. The molecule has 98 valence electrons. The summed E-state index contributed by atoms with van der Waals surface area (Å²) >= 11 is 3.39. The zero-order valence-corrected chi connectivity index (χ0v) is 12.3. The topological polar surface area (TPSA) is 46.2 Å². The average molecular weight is 312 g/mol. The molecular weight excluding hydrogens is 294 g/mol. The Labute approximate surface area is 116 Å². The third-order valence-corrected chi connectivity index (χ3v) is 3.47. The summed E-state index contributed by atoms with van der Waals surface area (Å²) in [5.74, 6) is 0.0589. The van der Waals surface area contributed by atoms with Gasteiger partial charge in [-0.1, -0.05) is 36.2 Å². The molecule has 4 heteroatoms. The lowest BCUT2D eigenvalue weighted by Crippen LogP contribution is -2.14. The van der Waals surface area contributed by atoms with Crippen LogP contribution in [-0.4, -0.2) is 16.5 Å². The molecule has 0 radical (unpaired) electrons. The Hall–Kier alpha value is -1.16. The summed E-state index contributed by atoms with van der Waals surface area (Å²) < 4.78 is 0. The van der Waals surface area contributed by atoms with E-state index in [4.69, 9.17) is 0 Å². The van der Waals surface area contributed by atoms with Gasteiger partial charge in [-0.25, -0.2) is 0 Å². The molecule has 1 aromatic carbocycles. The second kappa shape index (κ2) is 7.31. The number of carbonyl (C=O) groups is 2. The predicted molar refractivity (Wildman–Crippen MR) is 77.3 cm³/mol. The molecule has 0 aliphatic carbocycles. The van der Waals surface area contributed by atoms with Crippen LogP contribution in [0.15, 0.2) is 24.3 Å². The van der Waals surface area contributed by atoms with E-state index < -0.39 is 0 Å². The number of ketones is 1. The first-order valence-corrected chi connectivity index (χ1v) is 7.08. The molecule has 1 N–H and O–H groups in total. The van der Waals surface area contributed by atoms with Crippen LogP contribution in [-0.2, 0) is 4.79 Å². The van der Waals surface area contributed by atoms with Crippen LogP contribution in [0, 0.1) is 0 Å². The number of halogens is 1. The highest BCUT2D eigenvalue weighted by atomic mass is 79.9. The molecule has 18 heavy (non-hydrogen) atoms. The first-order valence-electron chi connectivity index (χ1n) is 6.16. The maximum Gasteiger partial charge on any atom is 0.224 e. The van der Waals surface area contributed by atoms with Gasteiger partial charge in [0.25, 0.3) is 0 Å². The quantitative estimate of drug-likeness (QED) is 0.642. The molecule has 0 aliphatic rings. The number of benzene rings is 1. The molecule has 0 bridgehead atoms. The minimum absolute atomic E-state index is 0.0292. The van der Waals surface area contributed by atoms with Crippen molar-refractivity contribution in [2.45, 2.75) is 37.9 Å². The third-order valence-electron chi connectivity index (χ3n) is 2.60.